The minimum absolute atomic E-state index is 0.0195. The summed E-state index contributed by atoms with van der Waals surface area (Å²) in [6.45, 7) is -0.404. The fourth-order valence-electron chi connectivity index (χ4n) is 2.12. The van der Waals surface area contributed by atoms with Crippen molar-refractivity contribution in [3.05, 3.63) is 28.8 Å². The first-order valence-electron chi connectivity index (χ1n) is 6.42. The summed E-state index contributed by atoms with van der Waals surface area (Å²) in [6, 6.07) is 3.61. The van der Waals surface area contributed by atoms with Crippen molar-refractivity contribution in [1.29, 1.82) is 0 Å². The Morgan fingerprint density at radius 1 is 1.41 bits per heavy atom. The summed E-state index contributed by atoms with van der Waals surface area (Å²) in [6.07, 6.45) is 0.370. The maximum absolute atomic E-state index is 11.7. The number of amides is 1. The lowest BCUT2D eigenvalue weighted by Gasteiger charge is -2.12. The normalized spacial score (nSPS) is 19.6. The first kappa shape index (κ1) is 16.6. The average molecular weight is 348 g/mol. The molecule has 2 N–H and O–H groups in total. The summed E-state index contributed by atoms with van der Waals surface area (Å²) >= 11 is 5.71. The number of ether oxygens (including phenoxy) is 1. The van der Waals surface area contributed by atoms with Gasteiger partial charge in [-0.25, -0.2) is 13.2 Å². The van der Waals surface area contributed by atoms with E-state index in [9.17, 15) is 18.0 Å². The maximum atomic E-state index is 11.7. The lowest BCUT2D eigenvalue weighted by atomic mass is 10.2. The SMILES string of the molecule is O=C(COc1ccc(Cl)cc1C(=O)O)NC1CCS(=O)(=O)C1. The lowest BCUT2D eigenvalue weighted by molar-refractivity contribution is -0.123. The van der Waals surface area contributed by atoms with Gasteiger partial charge in [0.25, 0.3) is 5.91 Å². The van der Waals surface area contributed by atoms with E-state index in [4.69, 9.17) is 21.4 Å². The first-order chi connectivity index (χ1) is 10.3. The Morgan fingerprint density at radius 2 is 2.14 bits per heavy atom. The minimum Gasteiger partial charge on any atom is -0.483 e. The molecule has 1 atom stereocenters. The van der Waals surface area contributed by atoms with Crippen LogP contribution in [0, 0.1) is 0 Å². The Morgan fingerprint density at radius 3 is 2.73 bits per heavy atom. The van der Waals surface area contributed by atoms with E-state index < -0.39 is 34.4 Å². The van der Waals surface area contributed by atoms with Gasteiger partial charge in [-0.3, -0.25) is 4.79 Å². The Bertz CT molecular complexity index is 702. The van der Waals surface area contributed by atoms with E-state index in [1.165, 1.54) is 18.2 Å². The van der Waals surface area contributed by atoms with Crippen LogP contribution in [0.4, 0.5) is 0 Å². The molecule has 1 unspecified atom stereocenters. The van der Waals surface area contributed by atoms with Crippen molar-refractivity contribution in [3.63, 3.8) is 0 Å². The molecule has 0 aromatic heterocycles. The molecule has 22 heavy (non-hydrogen) atoms. The van der Waals surface area contributed by atoms with Gasteiger partial charge < -0.3 is 15.2 Å². The zero-order chi connectivity index (χ0) is 16.3. The standard InChI is InChI=1S/C13H14ClNO6S/c14-8-1-2-11(10(5-8)13(17)18)21-6-12(16)15-9-3-4-22(19,20)7-9/h1-2,5,9H,3-4,6-7H2,(H,15,16)(H,17,18). The lowest BCUT2D eigenvalue weighted by Crippen LogP contribution is -2.38. The van der Waals surface area contributed by atoms with Gasteiger partial charge in [0.1, 0.15) is 11.3 Å². The van der Waals surface area contributed by atoms with Crippen LogP contribution < -0.4 is 10.1 Å². The summed E-state index contributed by atoms with van der Waals surface area (Å²) in [7, 11) is -3.08. The molecule has 1 aliphatic heterocycles. The number of rotatable bonds is 5. The van der Waals surface area contributed by atoms with Crippen LogP contribution in [-0.4, -0.2) is 49.6 Å². The van der Waals surface area contributed by atoms with Crippen LogP contribution in [0.1, 0.15) is 16.8 Å². The van der Waals surface area contributed by atoms with Gasteiger partial charge in [-0.05, 0) is 24.6 Å². The van der Waals surface area contributed by atoms with Crippen LogP contribution in [0.5, 0.6) is 5.75 Å². The number of carboxylic acid groups (broad SMARTS) is 1. The summed E-state index contributed by atoms with van der Waals surface area (Å²) in [5.74, 6) is -1.74. The minimum atomic E-state index is -3.08. The number of halogens is 1. The van der Waals surface area contributed by atoms with Crippen molar-refractivity contribution in [2.75, 3.05) is 18.1 Å². The monoisotopic (exact) mass is 347 g/mol. The second kappa shape index (κ2) is 6.53. The Kier molecular flexibility index (Phi) is 4.92. The number of nitrogens with one attached hydrogen (secondary N) is 1. The molecule has 1 heterocycles. The van der Waals surface area contributed by atoms with E-state index >= 15 is 0 Å². The average Bonchev–Trinajstić information content (AvgIpc) is 2.76. The van der Waals surface area contributed by atoms with E-state index in [2.05, 4.69) is 5.32 Å². The second-order valence-electron chi connectivity index (χ2n) is 4.90. The maximum Gasteiger partial charge on any atom is 0.339 e. The molecule has 9 heteroatoms. The summed E-state index contributed by atoms with van der Waals surface area (Å²) in [4.78, 5) is 22.8. The molecule has 0 saturated carbocycles. The highest BCUT2D eigenvalue weighted by molar-refractivity contribution is 7.91. The molecule has 0 bridgehead atoms. The second-order valence-corrected chi connectivity index (χ2v) is 7.57. The molecule has 120 valence electrons. The number of benzene rings is 1. The quantitative estimate of drug-likeness (QED) is 0.812. The molecular weight excluding hydrogens is 334 g/mol. The van der Waals surface area contributed by atoms with Crippen molar-refractivity contribution < 1.29 is 27.9 Å². The molecule has 1 aromatic rings. The zero-order valence-corrected chi connectivity index (χ0v) is 13.0. The Balaban J connectivity index is 1.93. The van der Waals surface area contributed by atoms with Gasteiger partial charge in [0.05, 0.1) is 11.5 Å². The largest absolute Gasteiger partial charge is 0.483 e. The number of carboxylic acids is 1. The topological polar surface area (TPSA) is 110 Å². The Labute approximate surface area is 132 Å². The van der Waals surface area contributed by atoms with Gasteiger partial charge in [0, 0.05) is 11.1 Å². The predicted molar refractivity (Wildman–Crippen MR) is 79.1 cm³/mol. The van der Waals surface area contributed by atoms with Crippen LogP contribution in [0.2, 0.25) is 5.02 Å². The van der Waals surface area contributed by atoms with E-state index in [0.717, 1.165) is 0 Å². The Hall–Kier alpha value is -1.80. The summed E-state index contributed by atoms with van der Waals surface area (Å²) < 4.78 is 27.8. The molecule has 0 aliphatic carbocycles. The number of aromatic carboxylic acids is 1. The van der Waals surface area contributed by atoms with Crippen LogP contribution >= 0.6 is 11.6 Å². The number of carbonyl (C=O) groups excluding carboxylic acids is 1. The van der Waals surface area contributed by atoms with Gasteiger partial charge in [-0.2, -0.15) is 0 Å². The van der Waals surface area contributed by atoms with E-state index in [0.29, 0.717) is 6.42 Å². The third-order valence-electron chi connectivity index (χ3n) is 3.13. The number of hydrogen-bond acceptors (Lipinski definition) is 5. The molecule has 1 amide bonds. The third kappa shape index (κ3) is 4.35. The van der Waals surface area contributed by atoms with Crippen LogP contribution in [-0.2, 0) is 14.6 Å². The van der Waals surface area contributed by atoms with Crippen molar-refractivity contribution in [2.45, 2.75) is 12.5 Å². The van der Waals surface area contributed by atoms with E-state index in [1.807, 2.05) is 0 Å². The van der Waals surface area contributed by atoms with Crippen LogP contribution in [0.3, 0.4) is 0 Å². The molecule has 2 rings (SSSR count). The number of hydrogen-bond donors (Lipinski definition) is 2. The molecular formula is C13H14ClNO6S. The van der Waals surface area contributed by atoms with Gasteiger partial charge in [-0.1, -0.05) is 11.6 Å². The number of sulfone groups is 1. The van der Waals surface area contributed by atoms with Crippen LogP contribution in [0.15, 0.2) is 18.2 Å². The van der Waals surface area contributed by atoms with Gasteiger partial charge >= 0.3 is 5.97 Å². The molecule has 1 aromatic carbocycles. The summed E-state index contributed by atoms with van der Waals surface area (Å²) in [5.41, 5.74) is -0.149. The zero-order valence-electron chi connectivity index (χ0n) is 11.4. The van der Waals surface area contributed by atoms with Gasteiger partial charge in [-0.15, -0.1) is 0 Å². The van der Waals surface area contributed by atoms with Gasteiger partial charge in [0.15, 0.2) is 16.4 Å². The molecule has 1 fully saturated rings. The van der Waals surface area contributed by atoms with E-state index in [1.54, 1.807) is 0 Å². The molecule has 0 spiro atoms. The molecule has 1 saturated heterocycles. The molecule has 0 radical (unpaired) electrons. The van der Waals surface area contributed by atoms with Gasteiger partial charge in [0.2, 0.25) is 0 Å². The van der Waals surface area contributed by atoms with Crippen LogP contribution in [0.25, 0.3) is 0 Å². The highest BCUT2D eigenvalue weighted by atomic mass is 35.5. The van der Waals surface area contributed by atoms with Crippen molar-refractivity contribution in [3.8, 4) is 5.75 Å². The van der Waals surface area contributed by atoms with Crippen molar-refractivity contribution >= 4 is 33.3 Å². The number of carbonyl (C=O) groups is 2. The van der Waals surface area contributed by atoms with E-state index in [-0.39, 0.29) is 27.8 Å². The fourth-order valence-corrected chi connectivity index (χ4v) is 3.96. The molecule has 1 aliphatic rings. The first-order valence-corrected chi connectivity index (χ1v) is 8.62. The third-order valence-corrected chi connectivity index (χ3v) is 5.13. The predicted octanol–water partition coefficient (Wildman–Crippen LogP) is 0.720. The summed E-state index contributed by atoms with van der Waals surface area (Å²) in [5, 5.41) is 11.8. The molecule has 7 nitrogen and oxygen atoms in total. The fraction of sp³-hybridized carbons (Fsp3) is 0.385. The van der Waals surface area contributed by atoms with Crippen molar-refractivity contribution in [1.82, 2.24) is 5.32 Å². The smallest absolute Gasteiger partial charge is 0.339 e. The highest BCUT2D eigenvalue weighted by Gasteiger charge is 2.29. The highest BCUT2D eigenvalue weighted by Crippen LogP contribution is 2.23. The van der Waals surface area contributed by atoms with Crippen molar-refractivity contribution in [2.24, 2.45) is 0 Å².